The minimum Gasteiger partial charge on any atom is -0.458 e. The molecule has 0 amide bonds. The first-order valence-corrected chi connectivity index (χ1v) is 14.6. The fourth-order valence-electron chi connectivity index (χ4n) is 6.20. The van der Waals surface area contributed by atoms with Crippen molar-refractivity contribution < 1.29 is 42.9 Å². The molecule has 2 fully saturated rings. The number of fused-ring (bicyclic) bond motifs is 4. The lowest BCUT2D eigenvalue weighted by Gasteiger charge is -2.26. The molecule has 2 bridgehead atoms. The van der Waals surface area contributed by atoms with E-state index in [1.54, 1.807) is 54.6 Å². The van der Waals surface area contributed by atoms with Gasteiger partial charge in [-0.3, -0.25) is 4.79 Å². The normalized spacial score (nSPS) is 19.9. The van der Waals surface area contributed by atoms with Gasteiger partial charge < -0.3 is 23.7 Å². The highest BCUT2D eigenvalue weighted by atomic mass is 16.7. The van der Waals surface area contributed by atoms with Gasteiger partial charge in [0.05, 0.1) is 11.5 Å². The van der Waals surface area contributed by atoms with Gasteiger partial charge >= 0.3 is 23.9 Å². The van der Waals surface area contributed by atoms with Crippen LogP contribution in [0.4, 0.5) is 0 Å². The number of rotatable bonds is 10. The van der Waals surface area contributed by atoms with Crippen LogP contribution in [0.1, 0.15) is 29.6 Å². The highest BCUT2D eigenvalue weighted by Gasteiger charge is 2.51. The minimum atomic E-state index is -0.571. The number of ether oxygens (including phenoxy) is 5. The van der Waals surface area contributed by atoms with Crippen LogP contribution in [0.2, 0.25) is 0 Å². The van der Waals surface area contributed by atoms with Gasteiger partial charge in [-0.1, -0.05) is 37.4 Å². The minimum absolute atomic E-state index is 0.0867. The van der Waals surface area contributed by atoms with Crippen LogP contribution in [-0.4, -0.2) is 36.8 Å². The van der Waals surface area contributed by atoms with Gasteiger partial charge in [0.2, 0.25) is 6.79 Å². The Morgan fingerprint density at radius 1 is 0.667 bits per heavy atom. The molecule has 0 N–H and O–H groups in total. The third-order valence-corrected chi connectivity index (χ3v) is 8.38. The number of benzene rings is 4. The van der Waals surface area contributed by atoms with Crippen molar-refractivity contribution in [1.82, 2.24) is 0 Å². The second-order valence-electron chi connectivity index (χ2n) is 11.1. The fourth-order valence-corrected chi connectivity index (χ4v) is 6.20. The van der Waals surface area contributed by atoms with Crippen molar-refractivity contribution in [1.29, 1.82) is 0 Å². The molecular formula is C36H30O9. The van der Waals surface area contributed by atoms with Gasteiger partial charge in [0.1, 0.15) is 23.4 Å². The molecule has 0 saturated heterocycles. The molecule has 2 aliphatic rings. The monoisotopic (exact) mass is 606 g/mol. The maximum absolute atomic E-state index is 13.1. The van der Waals surface area contributed by atoms with E-state index in [4.69, 9.17) is 23.7 Å². The van der Waals surface area contributed by atoms with Gasteiger partial charge in [0, 0.05) is 12.2 Å². The predicted octanol–water partition coefficient (Wildman–Crippen LogP) is 6.33. The zero-order chi connectivity index (χ0) is 31.5. The first-order valence-electron chi connectivity index (χ1n) is 14.6. The predicted molar refractivity (Wildman–Crippen MR) is 165 cm³/mol. The van der Waals surface area contributed by atoms with Crippen LogP contribution < -0.4 is 14.2 Å². The summed E-state index contributed by atoms with van der Waals surface area (Å²) in [6.07, 6.45) is 3.95. The molecule has 9 nitrogen and oxygen atoms in total. The number of carbonyl (C=O) groups is 4. The van der Waals surface area contributed by atoms with Crippen molar-refractivity contribution in [2.45, 2.75) is 25.4 Å². The summed E-state index contributed by atoms with van der Waals surface area (Å²) in [5.41, 5.74) is 0.442. The van der Waals surface area contributed by atoms with Crippen molar-refractivity contribution in [2.24, 2.45) is 17.8 Å². The molecule has 4 aromatic rings. The molecule has 0 radical (unpaired) electrons. The molecule has 0 heterocycles. The van der Waals surface area contributed by atoms with Crippen molar-refractivity contribution in [2.75, 3.05) is 6.79 Å². The van der Waals surface area contributed by atoms with Crippen LogP contribution in [-0.2, 0) is 23.9 Å². The molecule has 2 aliphatic carbocycles. The summed E-state index contributed by atoms with van der Waals surface area (Å²) in [7, 11) is 0. The number of hydrogen-bond acceptors (Lipinski definition) is 9. The molecular weight excluding hydrogens is 576 g/mol. The third kappa shape index (κ3) is 6.57. The summed E-state index contributed by atoms with van der Waals surface area (Å²) >= 11 is 0. The average Bonchev–Trinajstić information content (AvgIpc) is 3.65. The largest absolute Gasteiger partial charge is 0.458 e. The van der Waals surface area contributed by atoms with Gasteiger partial charge in [0.25, 0.3) is 0 Å². The van der Waals surface area contributed by atoms with Crippen LogP contribution in [0.3, 0.4) is 0 Å². The van der Waals surface area contributed by atoms with Crippen molar-refractivity contribution in [3.05, 3.63) is 104 Å². The van der Waals surface area contributed by atoms with Gasteiger partial charge in [-0.2, -0.15) is 0 Å². The van der Waals surface area contributed by atoms with Gasteiger partial charge in [-0.15, -0.1) is 0 Å². The maximum Gasteiger partial charge on any atom is 0.338 e. The van der Waals surface area contributed by atoms with Gasteiger partial charge in [-0.25, -0.2) is 14.4 Å². The van der Waals surface area contributed by atoms with E-state index in [-0.39, 0.29) is 36.6 Å². The molecule has 6 rings (SSSR count). The lowest BCUT2D eigenvalue weighted by molar-refractivity contribution is -0.144. The molecule has 0 aliphatic heterocycles. The Kier molecular flexibility index (Phi) is 8.33. The summed E-state index contributed by atoms with van der Waals surface area (Å²) in [4.78, 5) is 48.8. The summed E-state index contributed by atoms with van der Waals surface area (Å²) in [6, 6.07) is 21.1. The van der Waals surface area contributed by atoms with Crippen molar-refractivity contribution in [3.8, 4) is 17.2 Å². The Balaban J connectivity index is 1.02. The molecule has 0 aromatic heterocycles. The number of carbonyl (C=O) groups excluding carboxylic acids is 4. The van der Waals surface area contributed by atoms with Gasteiger partial charge in [0.15, 0.2) is 0 Å². The lowest BCUT2D eigenvalue weighted by atomic mass is 9.87. The molecule has 4 aromatic carbocycles. The standard InChI is InChI=1S/C36H30O9/c1-3-33(37)42-20-41-28-10-7-21-13-25(6-5-22(21)15-28)35(39)45-32-19-26-14-27(32)18-31(26)36(40)44-30-12-9-23-16-29(43-34(38)4-2)11-8-24(23)17-30/h3-13,15-17,26-27,31-32H,1-2,14,18-20H2. The summed E-state index contributed by atoms with van der Waals surface area (Å²) < 4.78 is 27.1. The van der Waals surface area contributed by atoms with E-state index in [2.05, 4.69) is 13.2 Å². The fraction of sp³-hybridized carbons (Fsp3) is 0.222. The topological polar surface area (TPSA) is 114 Å². The van der Waals surface area contributed by atoms with E-state index in [9.17, 15) is 19.2 Å². The Bertz CT molecular complexity index is 1840. The summed E-state index contributed by atoms with van der Waals surface area (Å²) in [5.74, 6) is -0.483. The Labute approximate surface area is 259 Å². The van der Waals surface area contributed by atoms with Crippen LogP contribution in [0.25, 0.3) is 21.5 Å². The van der Waals surface area contributed by atoms with E-state index >= 15 is 0 Å². The summed E-state index contributed by atoms with van der Waals surface area (Å²) in [5, 5.41) is 3.36. The molecule has 4 atom stereocenters. The first kappa shape index (κ1) is 29.6. The van der Waals surface area contributed by atoms with Crippen LogP contribution in [0.15, 0.2) is 98.1 Å². The van der Waals surface area contributed by atoms with Crippen molar-refractivity contribution >= 4 is 45.4 Å². The van der Waals surface area contributed by atoms with Crippen LogP contribution in [0.5, 0.6) is 17.2 Å². The number of hydrogen-bond donors (Lipinski definition) is 0. The first-order chi connectivity index (χ1) is 21.8. The van der Waals surface area contributed by atoms with E-state index in [0.717, 1.165) is 40.1 Å². The molecule has 0 spiro atoms. The Morgan fingerprint density at radius 3 is 1.91 bits per heavy atom. The van der Waals surface area contributed by atoms with E-state index < -0.39 is 17.9 Å². The highest BCUT2D eigenvalue weighted by Crippen LogP contribution is 2.50. The molecule has 228 valence electrons. The average molecular weight is 607 g/mol. The second-order valence-corrected chi connectivity index (χ2v) is 11.1. The Morgan fingerprint density at radius 2 is 1.27 bits per heavy atom. The van der Waals surface area contributed by atoms with E-state index in [0.29, 0.717) is 35.7 Å². The van der Waals surface area contributed by atoms with Gasteiger partial charge in [-0.05, 0) is 101 Å². The number of esters is 4. The maximum atomic E-state index is 13.1. The molecule has 9 heteroatoms. The SMILES string of the molecule is C=CC(=O)OCOc1ccc2cc(C(=O)OC3CC4CC3CC4C(=O)Oc3ccc4cc(OC(=O)C=C)ccc4c3)ccc2c1. The zero-order valence-electron chi connectivity index (χ0n) is 24.3. The van der Waals surface area contributed by atoms with Crippen molar-refractivity contribution in [3.63, 3.8) is 0 Å². The lowest BCUT2D eigenvalue weighted by Crippen LogP contribution is -2.32. The van der Waals surface area contributed by atoms with E-state index in [1.807, 2.05) is 18.2 Å². The molecule has 45 heavy (non-hydrogen) atoms. The van der Waals surface area contributed by atoms with Crippen LogP contribution >= 0.6 is 0 Å². The van der Waals surface area contributed by atoms with E-state index in [1.165, 1.54) is 0 Å². The summed E-state index contributed by atoms with van der Waals surface area (Å²) in [6.45, 7) is 6.50. The van der Waals surface area contributed by atoms with Crippen LogP contribution in [0, 0.1) is 17.8 Å². The smallest absolute Gasteiger partial charge is 0.338 e. The third-order valence-electron chi connectivity index (χ3n) is 8.38. The highest BCUT2D eigenvalue weighted by molar-refractivity contribution is 5.96. The zero-order valence-corrected chi connectivity index (χ0v) is 24.3. The molecule has 2 saturated carbocycles. The quantitative estimate of drug-likeness (QED) is 0.0884. The Hall–Kier alpha value is -5.44. The second kappa shape index (κ2) is 12.7. The molecule has 4 unspecified atom stereocenters.